The molecule has 1 heterocycles. The van der Waals surface area contributed by atoms with Crippen molar-refractivity contribution >= 4 is 5.91 Å². The van der Waals surface area contributed by atoms with Crippen molar-refractivity contribution in [3.8, 4) is 0 Å². The van der Waals surface area contributed by atoms with Crippen LogP contribution in [0.2, 0.25) is 0 Å². The Kier molecular flexibility index (Phi) is 2.67. The number of fused-ring (bicyclic) bond motifs is 1. The standard InChI is InChI=1S/C15H20N2O/c1-10-6-11(8-17-15(2)4-3-5-15)7-12-13(10)9-16-14(12)18/h6-7,17H,3-5,8-9H2,1-2H3,(H,16,18). The summed E-state index contributed by atoms with van der Waals surface area (Å²) in [5.41, 5.74) is 4.79. The van der Waals surface area contributed by atoms with Gasteiger partial charge in [0.15, 0.2) is 0 Å². The third-order valence-electron chi connectivity index (χ3n) is 4.38. The highest BCUT2D eigenvalue weighted by atomic mass is 16.1. The van der Waals surface area contributed by atoms with Gasteiger partial charge in [0.1, 0.15) is 0 Å². The van der Waals surface area contributed by atoms with Crippen LogP contribution in [0.1, 0.15) is 53.2 Å². The predicted octanol–water partition coefficient (Wildman–Crippen LogP) is 2.27. The number of hydrogen-bond acceptors (Lipinski definition) is 2. The average molecular weight is 244 g/mol. The van der Waals surface area contributed by atoms with E-state index in [4.69, 9.17) is 0 Å². The summed E-state index contributed by atoms with van der Waals surface area (Å²) in [5.74, 6) is 0.0739. The predicted molar refractivity (Wildman–Crippen MR) is 71.4 cm³/mol. The molecular formula is C15H20N2O. The lowest BCUT2D eigenvalue weighted by atomic mass is 9.78. The topological polar surface area (TPSA) is 41.1 Å². The molecule has 1 saturated carbocycles. The quantitative estimate of drug-likeness (QED) is 0.856. The van der Waals surface area contributed by atoms with E-state index >= 15 is 0 Å². The number of benzene rings is 1. The second kappa shape index (κ2) is 4.09. The van der Waals surface area contributed by atoms with Crippen LogP contribution in [0.3, 0.4) is 0 Å². The van der Waals surface area contributed by atoms with Crippen molar-refractivity contribution in [2.75, 3.05) is 0 Å². The molecule has 0 radical (unpaired) electrons. The van der Waals surface area contributed by atoms with Gasteiger partial charge in [0, 0.05) is 24.2 Å². The average Bonchev–Trinajstić information content (AvgIpc) is 2.67. The molecule has 3 heteroatoms. The molecule has 1 aliphatic heterocycles. The minimum Gasteiger partial charge on any atom is -0.348 e. The summed E-state index contributed by atoms with van der Waals surface area (Å²) in [6.45, 7) is 5.92. The van der Waals surface area contributed by atoms with E-state index in [1.807, 2.05) is 6.07 Å². The van der Waals surface area contributed by atoms with Gasteiger partial charge in [0.2, 0.25) is 0 Å². The Hall–Kier alpha value is -1.35. The molecule has 1 aromatic rings. The van der Waals surface area contributed by atoms with Gasteiger partial charge >= 0.3 is 0 Å². The first-order valence-corrected chi connectivity index (χ1v) is 6.73. The Labute approximate surface area is 108 Å². The molecule has 0 spiro atoms. The van der Waals surface area contributed by atoms with Crippen molar-refractivity contribution < 1.29 is 4.79 Å². The van der Waals surface area contributed by atoms with Crippen LogP contribution in [0.15, 0.2) is 12.1 Å². The summed E-state index contributed by atoms with van der Waals surface area (Å²) in [4.78, 5) is 11.7. The Balaban J connectivity index is 1.79. The number of aryl methyl sites for hydroxylation is 1. The first-order chi connectivity index (χ1) is 8.57. The monoisotopic (exact) mass is 244 g/mol. The van der Waals surface area contributed by atoms with Crippen LogP contribution in [-0.2, 0) is 13.1 Å². The van der Waals surface area contributed by atoms with Gasteiger partial charge in [0.05, 0.1) is 0 Å². The molecule has 3 rings (SSSR count). The van der Waals surface area contributed by atoms with E-state index in [0.29, 0.717) is 12.1 Å². The Morgan fingerprint density at radius 2 is 2.17 bits per heavy atom. The number of rotatable bonds is 3. The van der Waals surface area contributed by atoms with Gasteiger partial charge in [-0.05, 0) is 55.9 Å². The van der Waals surface area contributed by atoms with Crippen molar-refractivity contribution in [3.05, 3.63) is 34.4 Å². The van der Waals surface area contributed by atoms with Crippen molar-refractivity contribution in [3.63, 3.8) is 0 Å². The molecule has 1 aliphatic carbocycles. The lowest BCUT2D eigenvalue weighted by Gasteiger charge is -2.39. The number of carbonyl (C=O) groups is 1. The van der Waals surface area contributed by atoms with E-state index in [2.05, 4.69) is 30.5 Å². The Bertz CT molecular complexity index is 503. The zero-order valence-corrected chi connectivity index (χ0v) is 11.1. The van der Waals surface area contributed by atoms with Gasteiger partial charge in [-0.15, -0.1) is 0 Å². The van der Waals surface area contributed by atoms with Gasteiger partial charge in [-0.3, -0.25) is 4.79 Å². The minimum absolute atomic E-state index is 0.0739. The zero-order chi connectivity index (χ0) is 12.8. The first-order valence-electron chi connectivity index (χ1n) is 6.73. The molecule has 2 aliphatic rings. The third-order valence-corrected chi connectivity index (χ3v) is 4.38. The lowest BCUT2D eigenvalue weighted by molar-refractivity contribution is 0.0965. The van der Waals surface area contributed by atoms with Crippen LogP contribution in [-0.4, -0.2) is 11.4 Å². The minimum atomic E-state index is 0.0739. The molecule has 0 atom stereocenters. The summed E-state index contributed by atoms with van der Waals surface area (Å²) >= 11 is 0. The van der Waals surface area contributed by atoms with Crippen LogP contribution in [0.4, 0.5) is 0 Å². The van der Waals surface area contributed by atoms with E-state index in [0.717, 1.165) is 12.1 Å². The summed E-state index contributed by atoms with van der Waals surface area (Å²) in [5, 5.41) is 6.50. The molecule has 18 heavy (non-hydrogen) atoms. The van der Waals surface area contributed by atoms with Gasteiger partial charge < -0.3 is 10.6 Å². The summed E-state index contributed by atoms with van der Waals surface area (Å²) in [7, 11) is 0. The Morgan fingerprint density at radius 3 is 2.83 bits per heavy atom. The lowest BCUT2D eigenvalue weighted by Crippen LogP contribution is -2.47. The number of nitrogens with one attached hydrogen (secondary N) is 2. The smallest absolute Gasteiger partial charge is 0.251 e. The highest BCUT2D eigenvalue weighted by molar-refractivity contribution is 5.98. The van der Waals surface area contributed by atoms with Crippen molar-refractivity contribution in [1.29, 1.82) is 0 Å². The van der Waals surface area contributed by atoms with E-state index in [1.165, 1.54) is 36.0 Å². The third kappa shape index (κ3) is 1.93. The molecule has 0 saturated heterocycles. The normalized spacial score (nSPS) is 20.2. The molecule has 96 valence electrons. The highest BCUT2D eigenvalue weighted by Gasteiger charge is 2.31. The SMILES string of the molecule is Cc1cc(CNC2(C)CCC2)cc2c1CNC2=O. The number of carbonyl (C=O) groups excluding carboxylic acids is 1. The van der Waals surface area contributed by atoms with Crippen LogP contribution >= 0.6 is 0 Å². The largest absolute Gasteiger partial charge is 0.348 e. The fourth-order valence-electron chi connectivity index (χ4n) is 2.89. The Morgan fingerprint density at radius 1 is 1.39 bits per heavy atom. The first kappa shape index (κ1) is 11.7. The molecule has 2 N–H and O–H groups in total. The van der Waals surface area contributed by atoms with Crippen molar-refractivity contribution in [1.82, 2.24) is 10.6 Å². The molecule has 0 unspecified atom stereocenters. The molecule has 0 bridgehead atoms. The van der Waals surface area contributed by atoms with Crippen LogP contribution in [0, 0.1) is 6.92 Å². The van der Waals surface area contributed by atoms with E-state index < -0.39 is 0 Å². The maximum Gasteiger partial charge on any atom is 0.251 e. The van der Waals surface area contributed by atoms with E-state index in [9.17, 15) is 4.79 Å². The van der Waals surface area contributed by atoms with Gasteiger partial charge in [0.25, 0.3) is 5.91 Å². The number of amides is 1. The number of hydrogen-bond donors (Lipinski definition) is 2. The fraction of sp³-hybridized carbons (Fsp3) is 0.533. The molecule has 3 nitrogen and oxygen atoms in total. The van der Waals surface area contributed by atoms with Crippen molar-refractivity contribution in [2.45, 2.75) is 51.7 Å². The molecule has 1 amide bonds. The second-order valence-corrected chi connectivity index (χ2v) is 5.89. The highest BCUT2D eigenvalue weighted by Crippen LogP contribution is 2.31. The van der Waals surface area contributed by atoms with Crippen LogP contribution in [0.25, 0.3) is 0 Å². The summed E-state index contributed by atoms with van der Waals surface area (Å²) < 4.78 is 0. The van der Waals surface area contributed by atoms with Crippen molar-refractivity contribution in [2.24, 2.45) is 0 Å². The molecule has 1 aromatic carbocycles. The summed E-state index contributed by atoms with van der Waals surface area (Å²) in [6, 6.07) is 4.24. The molecular weight excluding hydrogens is 224 g/mol. The van der Waals surface area contributed by atoms with E-state index in [1.54, 1.807) is 0 Å². The van der Waals surface area contributed by atoms with Gasteiger partial charge in [-0.2, -0.15) is 0 Å². The van der Waals surface area contributed by atoms with Crippen LogP contribution < -0.4 is 10.6 Å². The van der Waals surface area contributed by atoms with Crippen LogP contribution in [0.5, 0.6) is 0 Å². The van der Waals surface area contributed by atoms with E-state index in [-0.39, 0.29) is 5.91 Å². The maximum atomic E-state index is 11.7. The maximum absolute atomic E-state index is 11.7. The van der Waals surface area contributed by atoms with Gasteiger partial charge in [-0.1, -0.05) is 6.07 Å². The second-order valence-electron chi connectivity index (χ2n) is 5.89. The molecule has 1 fully saturated rings. The summed E-state index contributed by atoms with van der Waals surface area (Å²) in [6.07, 6.45) is 3.85. The fourth-order valence-corrected chi connectivity index (χ4v) is 2.89. The zero-order valence-electron chi connectivity index (χ0n) is 11.1. The van der Waals surface area contributed by atoms with Gasteiger partial charge in [-0.25, -0.2) is 0 Å². The molecule has 0 aromatic heterocycles.